The predicted molar refractivity (Wildman–Crippen MR) is 86.5 cm³/mol. The van der Waals surface area contributed by atoms with Gasteiger partial charge >= 0.3 is 0 Å². The van der Waals surface area contributed by atoms with Crippen LogP contribution in [0.2, 0.25) is 0 Å². The number of hydrogen-bond donors (Lipinski definition) is 1. The lowest BCUT2D eigenvalue weighted by molar-refractivity contribution is 0.342. The van der Waals surface area contributed by atoms with Crippen molar-refractivity contribution in [2.45, 2.75) is 11.8 Å². The van der Waals surface area contributed by atoms with Gasteiger partial charge in [0.25, 0.3) is 0 Å². The van der Waals surface area contributed by atoms with Crippen molar-refractivity contribution >= 4 is 32.4 Å². The Hall–Kier alpha value is -1.33. The molecule has 0 bridgehead atoms. The maximum atomic E-state index is 12.2. The van der Waals surface area contributed by atoms with Gasteiger partial charge in [-0.2, -0.15) is 0 Å². The van der Waals surface area contributed by atoms with E-state index < -0.39 is 10.8 Å². The first-order chi connectivity index (χ1) is 9.56. The summed E-state index contributed by atoms with van der Waals surface area (Å²) < 4.78 is 18.8. The molecule has 0 radical (unpaired) electrons. The Morgan fingerprint density at radius 2 is 1.90 bits per heavy atom. The third kappa shape index (κ3) is 4.08. The molecule has 0 aliphatic heterocycles. The molecule has 5 heteroatoms. The number of benzene rings is 2. The Bertz CT molecular complexity index is 614. The number of rotatable bonds is 5. The number of hydrogen-bond acceptors (Lipinski definition) is 3. The minimum Gasteiger partial charge on any atom is -0.493 e. The molecule has 1 unspecified atom stereocenters. The first kappa shape index (κ1) is 15.1. The maximum Gasteiger partial charge on any atom is 0.119 e. The summed E-state index contributed by atoms with van der Waals surface area (Å²) >= 11 is 3.37. The highest BCUT2D eigenvalue weighted by atomic mass is 79.9. The SMILES string of the molecule is Cc1ccc(N)cc1S(=O)CCOc1ccc(Br)cc1. The van der Waals surface area contributed by atoms with Crippen molar-refractivity contribution in [3.63, 3.8) is 0 Å². The van der Waals surface area contributed by atoms with E-state index >= 15 is 0 Å². The number of anilines is 1. The fourth-order valence-electron chi connectivity index (χ4n) is 1.74. The molecule has 20 heavy (non-hydrogen) atoms. The van der Waals surface area contributed by atoms with Crippen LogP contribution in [0.5, 0.6) is 5.75 Å². The Kier molecular flexibility index (Phi) is 5.20. The van der Waals surface area contributed by atoms with Crippen molar-refractivity contribution in [3.8, 4) is 5.75 Å². The van der Waals surface area contributed by atoms with Crippen molar-refractivity contribution < 1.29 is 8.95 Å². The van der Waals surface area contributed by atoms with E-state index in [9.17, 15) is 4.21 Å². The average Bonchev–Trinajstić information content (AvgIpc) is 2.43. The zero-order chi connectivity index (χ0) is 14.5. The van der Waals surface area contributed by atoms with E-state index in [0.717, 1.165) is 20.7 Å². The van der Waals surface area contributed by atoms with Crippen LogP contribution in [0.4, 0.5) is 5.69 Å². The summed E-state index contributed by atoms with van der Waals surface area (Å²) in [5, 5.41) is 0. The molecule has 0 aliphatic carbocycles. The third-order valence-electron chi connectivity index (χ3n) is 2.81. The quantitative estimate of drug-likeness (QED) is 0.836. The molecule has 0 saturated carbocycles. The van der Waals surface area contributed by atoms with Crippen molar-refractivity contribution in [3.05, 3.63) is 52.5 Å². The molecule has 0 fully saturated rings. The fourth-order valence-corrected chi connectivity index (χ4v) is 3.15. The second-order valence-electron chi connectivity index (χ2n) is 4.38. The zero-order valence-electron chi connectivity index (χ0n) is 11.1. The Balaban J connectivity index is 1.92. The highest BCUT2D eigenvalue weighted by Crippen LogP contribution is 2.18. The van der Waals surface area contributed by atoms with Crippen molar-refractivity contribution in [1.82, 2.24) is 0 Å². The third-order valence-corrected chi connectivity index (χ3v) is 4.81. The van der Waals surface area contributed by atoms with Crippen molar-refractivity contribution in [2.75, 3.05) is 18.1 Å². The lowest BCUT2D eigenvalue weighted by Gasteiger charge is -2.08. The Labute approximate surface area is 129 Å². The summed E-state index contributed by atoms with van der Waals surface area (Å²) in [5.41, 5.74) is 7.35. The van der Waals surface area contributed by atoms with Crippen LogP contribution < -0.4 is 10.5 Å². The van der Waals surface area contributed by atoms with Gasteiger partial charge in [-0.1, -0.05) is 22.0 Å². The second-order valence-corrected chi connectivity index (χ2v) is 6.83. The van der Waals surface area contributed by atoms with E-state index in [1.54, 1.807) is 6.07 Å². The van der Waals surface area contributed by atoms with Crippen LogP contribution in [0.25, 0.3) is 0 Å². The summed E-state index contributed by atoms with van der Waals surface area (Å²) in [5.74, 6) is 1.22. The fraction of sp³-hybridized carbons (Fsp3) is 0.200. The largest absolute Gasteiger partial charge is 0.493 e. The minimum absolute atomic E-state index is 0.405. The van der Waals surface area contributed by atoms with Crippen LogP contribution in [0.15, 0.2) is 51.8 Å². The van der Waals surface area contributed by atoms with Crippen molar-refractivity contribution in [2.24, 2.45) is 0 Å². The van der Waals surface area contributed by atoms with Crippen LogP contribution in [0.1, 0.15) is 5.56 Å². The van der Waals surface area contributed by atoms with Gasteiger partial charge in [0.2, 0.25) is 0 Å². The number of ether oxygens (including phenoxy) is 1. The molecule has 3 nitrogen and oxygen atoms in total. The van der Waals surface area contributed by atoms with Gasteiger partial charge in [-0.05, 0) is 48.9 Å². The summed E-state index contributed by atoms with van der Waals surface area (Å²) in [6.45, 7) is 2.34. The summed E-state index contributed by atoms with van der Waals surface area (Å²) in [6.07, 6.45) is 0. The van der Waals surface area contributed by atoms with E-state index in [1.807, 2.05) is 43.3 Å². The van der Waals surface area contributed by atoms with Gasteiger partial charge in [-0.3, -0.25) is 4.21 Å². The number of nitrogens with two attached hydrogens (primary N) is 1. The molecule has 2 aromatic carbocycles. The molecule has 0 spiro atoms. The summed E-state index contributed by atoms with van der Waals surface area (Å²) in [6, 6.07) is 13.0. The van der Waals surface area contributed by atoms with Gasteiger partial charge < -0.3 is 10.5 Å². The number of nitrogen functional groups attached to an aromatic ring is 1. The molecule has 2 N–H and O–H groups in total. The molecular formula is C15H16BrNO2S. The molecule has 0 aromatic heterocycles. The van der Waals surface area contributed by atoms with Crippen LogP contribution in [0.3, 0.4) is 0 Å². The number of aryl methyl sites for hydroxylation is 1. The average molecular weight is 354 g/mol. The first-order valence-electron chi connectivity index (χ1n) is 6.19. The molecule has 0 aliphatic rings. The number of halogens is 1. The molecule has 2 aromatic rings. The van der Waals surface area contributed by atoms with Crippen LogP contribution in [0, 0.1) is 6.92 Å². The minimum atomic E-state index is -1.10. The molecule has 1 atom stereocenters. The summed E-state index contributed by atoms with van der Waals surface area (Å²) in [7, 11) is -1.10. The van der Waals surface area contributed by atoms with Gasteiger partial charge in [0, 0.05) is 15.1 Å². The van der Waals surface area contributed by atoms with Gasteiger partial charge in [0.15, 0.2) is 0 Å². The highest BCUT2D eigenvalue weighted by molar-refractivity contribution is 9.10. The lowest BCUT2D eigenvalue weighted by atomic mass is 10.2. The predicted octanol–water partition coefficient (Wildman–Crippen LogP) is 3.53. The first-order valence-corrected chi connectivity index (χ1v) is 8.30. The van der Waals surface area contributed by atoms with E-state index in [-0.39, 0.29) is 0 Å². The van der Waals surface area contributed by atoms with Gasteiger partial charge in [-0.25, -0.2) is 0 Å². The Morgan fingerprint density at radius 1 is 1.20 bits per heavy atom. The van der Waals surface area contributed by atoms with Gasteiger partial charge in [0.1, 0.15) is 12.4 Å². The van der Waals surface area contributed by atoms with Crippen LogP contribution >= 0.6 is 15.9 Å². The monoisotopic (exact) mass is 353 g/mol. The smallest absolute Gasteiger partial charge is 0.119 e. The second kappa shape index (κ2) is 6.90. The maximum absolute atomic E-state index is 12.2. The topological polar surface area (TPSA) is 52.3 Å². The van der Waals surface area contributed by atoms with Crippen LogP contribution in [-0.4, -0.2) is 16.6 Å². The molecular weight excluding hydrogens is 338 g/mol. The Morgan fingerprint density at radius 3 is 2.60 bits per heavy atom. The van der Waals surface area contributed by atoms with Gasteiger partial charge in [-0.15, -0.1) is 0 Å². The van der Waals surface area contributed by atoms with E-state index in [2.05, 4.69) is 15.9 Å². The molecule has 0 amide bonds. The van der Waals surface area contributed by atoms with E-state index in [1.165, 1.54) is 0 Å². The normalized spacial score (nSPS) is 12.1. The molecule has 0 heterocycles. The lowest BCUT2D eigenvalue weighted by Crippen LogP contribution is -2.10. The standard InChI is InChI=1S/C15H16BrNO2S/c1-11-2-5-13(17)10-15(11)20(18)9-8-19-14-6-3-12(16)4-7-14/h2-7,10H,8-9,17H2,1H3. The molecule has 2 rings (SSSR count). The van der Waals surface area contributed by atoms with Crippen molar-refractivity contribution in [1.29, 1.82) is 0 Å². The van der Waals surface area contributed by atoms with Crippen LogP contribution in [-0.2, 0) is 10.8 Å². The molecule has 0 saturated heterocycles. The summed E-state index contributed by atoms with van der Waals surface area (Å²) in [4.78, 5) is 0.782. The molecule has 106 valence electrons. The zero-order valence-corrected chi connectivity index (χ0v) is 13.5. The van der Waals surface area contributed by atoms with Gasteiger partial charge in [0.05, 0.1) is 16.6 Å². The highest BCUT2D eigenvalue weighted by Gasteiger charge is 2.08. The van der Waals surface area contributed by atoms with E-state index in [0.29, 0.717) is 18.0 Å². The van der Waals surface area contributed by atoms with E-state index in [4.69, 9.17) is 10.5 Å².